The molecule has 3 heteroatoms. The maximum Gasteiger partial charge on any atom is 0.0522 e. The SMILES string of the molecule is CCCNC(Cc1cnn(CC)c1)C(C)(C)C. The van der Waals surface area contributed by atoms with Gasteiger partial charge in [0.1, 0.15) is 0 Å². The predicted molar refractivity (Wildman–Crippen MR) is 73.1 cm³/mol. The molecular weight excluding hydrogens is 210 g/mol. The second-order valence-corrected chi connectivity index (χ2v) is 5.78. The second-order valence-electron chi connectivity index (χ2n) is 5.78. The van der Waals surface area contributed by atoms with Gasteiger partial charge in [0.2, 0.25) is 0 Å². The Hall–Kier alpha value is -0.830. The minimum absolute atomic E-state index is 0.281. The molecule has 1 unspecified atom stereocenters. The van der Waals surface area contributed by atoms with Gasteiger partial charge < -0.3 is 5.32 Å². The van der Waals surface area contributed by atoms with Crippen molar-refractivity contribution >= 4 is 0 Å². The van der Waals surface area contributed by atoms with Crippen molar-refractivity contribution in [2.75, 3.05) is 6.54 Å². The van der Waals surface area contributed by atoms with E-state index in [1.807, 2.05) is 10.9 Å². The summed E-state index contributed by atoms with van der Waals surface area (Å²) in [5.41, 5.74) is 1.61. The lowest BCUT2D eigenvalue weighted by Gasteiger charge is -2.31. The van der Waals surface area contributed by atoms with Crippen LogP contribution in [0.15, 0.2) is 12.4 Å². The van der Waals surface area contributed by atoms with Gasteiger partial charge in [-0.3, -0.25) is 4.68 Å². The minimum Gasteiger partial charge on any atom is -0.313 e. The maximum atomic E-state index is 4.34. The van der Waals surface area contributed by atoms with Crippen molar-refractivity contribution in [2.24, 2.45) is 5.41 Å². The highest BCUT2D eigenvalue weighted by atomic mass is 15.3. The van der Waals surface area contributed by atoms with Gasteiger partial charge in [-0.15, -0.1) is 0 Å². The van der Waals surface area contributed by atoms with E-state index in [-0.39, 0.29) is 5.41 Å². The van der Waals surface area contributed by atoms with Gasteiger partial charge in [0, 0.05) is 18.8 Å². The van der Waals surface area contributed by atoms with Crippen LogP contribution in [0.1, 0.15) is 46.6 Å². The fourth-order valence-corrected chi connectivity index (χ4v) is 1.92. The lowest BCUT2D eigenvalue weighted by atomic mass is 9.83. The monoisotopic (exact) mass is 237 g/mol. The molecule has 1 aromatic rings. The Bertz CT molecular complexity index is 322. The van der Waals surface area contributed by atoms with Crippen molar-refractivity contribution in [1.82, 2.24) is 15.1 Å². The van der Waals surface area contributed by atoms with Crippen molar-refractivity contribution in [3.63, 3.8) is 0 Å². The van der Waals surface area contributed by atoms with Crippen LogP contribution in [0.5, 0.6) is 0 Å². The summed E-state index contributed by atoms with van der Waals surface area (Å²) >= 11 is 0. The van der Waals surface area contributed by atoms with Crippen LogP contribution < -0.4 is 5.32 Å². The zero-order valence-corrected chi connectivity index (χ0v) is 12.0. The third kappa shape index (κ3) is 4.50. The van der Waals surface area contributed by atoms with Crippen LogP contribution in [0.3, 0.4) is 0 Å². The van der Waals surface area contributed by atoms with Gasteiger partial charge >= 0.3 is 0 Å². The topological polar surface area (TPSA) is 29.9 Å². The first-order valence-electron chi connectivity index (χ1n) is 6.72. The van der Waals surface area contributed by atoms with E-state index >= 15 is 0 Å². The largest absolute Gasteiger partial charge is 0.313 e. The normalized spacial score (nSPS) is 13.9. The molecule has 0 fully saturated rings. The Morgan fingerprint density at radius 3 is 2.53 bits per heavy atom. The van der Waals surface area contributed by atoms with Crippen LogP contribution in [0, 0.1) is 5.41 Å². The fourth-order valence-electron chi connectivity index (χ4n) is 1.92. The Balaban J connectivity index is 2.65. The molecule has 1 heterocycles. The Kier molecular flexibility index (Phi) is 5.19. The van der Waals surface area contributed by atoms with Gasteiger partial charge in [-0.1, -0.05) is 27.7 Å². The highest BCUT2D eigenvalue weighted by Crippen LogP contribution is 2.22. The molecule has 0 saturated carbocycles. The molecule has 0 bridgehead atoms. The van der Waals surface area contributed by atoms with Gasteiger partial charge in [-0.2, -0.15) is 5.10 Å². The molecule has 17 heavy (non-hydrogen) atoms. The predicted octanol–water partition coefficient (Wildman–Crippen LogP) is 2.86. The highest BCUT2D eigenvalue weighted by Gasteiger charge is 2.24. The van der Waals surface area contributed by atoms with Crippen molar-refractivity contribution in [2.45, 2.75) is 60.0 Å². The van der Waals surface area contributed by atoms with Crippen molar-refractivity contribution in [3.8, 4) is 0 Å². The molecule has 0 aliphatic carbocycles. The van der Waals surface area contributed by atoms with Crippen LogP contribution in [-0.2, 0) is 13.0 Å². The van der Waals surface area contributed by atoms with Crippen LogP contribution in [0.2, 0.25) is 0 Å². The summed E-state index contributed by atoms with van der Waals surface area (Å²) in [6.45, 7) is 13.3. The first-order valence-corrected chi connectivity index (χ1v) is 6.72. The summed E-state index contributed by atoms with van der Waals surface area (Å²) in [5.74, 6) is 0. The average Bonchev–Trinajstić information content (AvgIpc) is 2.70. The van der Waals surface area contributed by atoms with E-state index in [1.54, 1.807) is 0 Å². The van der Waals surface area contributed by atoms with E-state index in [4.69, 9.17) is 0 Å². The number of nitrogens with one attached hydrogen (secondary N) is 1. The zero-order chi connectivity index (χ0) is 12.9. The molecule has 1 aromatic heterocycles. The van der Waals surface area contributed by atoms with Gasteiger partial charge in [0.15, 0.2) is 0 Å². The molecule has 0 radical (unpaired) electrons. The molecule has 0 aliphatic heterocycles. The number of nitrogens with zero attached hydrogens (tertiary/aromatic N) is 2. The molecule has 0 saturated heterocycles. The molecular formula is C14H27N3. The maximum absolute atomic E-state index is 4.34. The van der Waals surface area contributed by atoms with E-state index in [1.165, 1.54) is 12.0 Å². The first-order chi connectivity index (χ1) is 7.97. The molecule has 0 aliphatic rings. The summed E-state index contributed by atoms with van der Waals surface area (Å²) in [6.07, 6.45) is 6.40. The van der Waals surface area contributed by atoms with E-state index in [9.17, 15) is 0 Å². The lowest BCUT2D eigenvalue weighted by molar-refractivity contribution is 0.267. The molecule has 0 aromatic carbocycles. The minimum atomic E-state index is 0.281. The number of hydrogen-bond acceptors (Lipinski definition) is 2. The van der Waals surface area contributed by atoms with Gasteiger partial charge in [0.05, 0.1) is 6.20 Å². The van der Waals surface area contributed by atoms with Gasteiger partial charge in [-0.05, 0) is 37.3 Å². The van der Waals surface area contributed by atoms with Crippen molar-refractivity contribution in [1.29, 1.82) is 0 Å². The number of hydrogen-bond donors (Lipinski definition) is 1. The fraction of sp³-hybridized carbons (Fsp3) is 0.786. The molecule has 3 nitrogen and oxygen atoms in total. The molecule has 98 valence electrons. The standard InChI is InChI=1S/C14H27N3/c1-6-8-15-13(14(3,4)5)9-12-10-16-17(7-2)11-12/h10-11,13,15H,6-9H2,1-5H3. The zero-order valence-electron chi connectivity index (χ0n) is 12.0. The molecule has 1 N–H and O–H groups in total. The Morgan fingerprint density at radius 1 is 1.35 bits per heavy atom. The van der Waals surface area contributed by atoms with Gasteiger partial charge in [0.25, 0.3) is 0 Å². The lowest BCUT2D eigenvalue weighted by Crippen LogP contribution is -2.42. The van der Waals surface area contributed by atoms with Crippen LogP contribution in [0.25, 0.3) is 0 Å². The molecule has 1 atom stereocenters. The Morgan fingerprint density at radius 2 is 2.06 bits per heavy atom. The molecule has 0 spiro atoms. The second kappa shape index (κ2) is 6.20. The van der Waals surface area contributed by atoms with E-state index < -0.39 is 0 Å². The quantitative estimate of drug-likeness (QED) is 0.824. The molecule has 0 amide bonds. The summed E-state index contributed by atoms with van der Waals surface area (Å²) < 4.78 is 1.99. The van der Waals surface area contributed by atoms with Crippen LogP contribution in [-0.4, -0.2) is 22.4 Å². The van der Waals surface area contributed by atoms with E-state index in [0.29, 0.717) is 6.04 Å². The van der Waals surface area contributed by atoms with Gasteiger partial charge in [-0.25, -0.2) is 0 Å². The third-order valence-corrected chi connectivity index (χ3v) is 3.14. The number of rotatable bonds is 6. The number of aryl methyl sites for hydroxylation is 1. The highest BCUT2D eigenvalue weighted by molar-refractivity contribution is 5.07. The Labute approximate surface area is 106 Å². The van der Waals surface area contributed by atoms with Crippen molar-refractivity contribution < 1.29 is 0 Å². The van der Waals surface area contributed by atoms with E-state index in [2.05, 4.69) is 51.2 Å². The van der Waals surface area contributed by atoms with Crippen LogP contribution >= 0.6 is 0 Å². The summed E-state index contributed by atoms with van der Waals surface area (Å²) in [5, 5.41) is 7.99. The van der Waals surface area contributed by atoms with Crippen LogP contribution in [0.4, 0.5) is 0 Å². The van der Waals surface area contributed by atoms with Crippen molar-refractivity contribution in [3.05, 3.63) is 18.0 Å². The smallest absolute Gasteiger partial charge is 0.0522 e. The molecule has 1 rings (SSSR count). The summed E-state index contributed by atoms with van der Waals surface area (Å²) in [4.78, 5) is 0. The van der Waals surface area contributed by atoms with E-state index in [0.717, 1.165) is 19.5 Å². The first kappa shape index (κ1) is 14.2. The average molecular weight is 237 g/mol. The summed E-state index contributed by atoms with van der Waals surface area (Å²) in [7, 11) is 0. The third-order valence-electron chi connectivity index (χ3n) is 3.14. The summed E-state index contributed by atoms with van der Waals surface area (Å²) in [6, 6.07) is 0.511. The number of aromatic nitrogens is 2.